The smallest absolute Gasteiger partial charge is 0.240 e. The maximum absolute atomic E-state index is 12.7. The highest BCUT2D eigenvalue weighted by molar-refractivity contribution is 5.94. The number of fused-ring (bicyclic) bond motifs is 2. The van der Waals surface area contributed by atoms with Crippen molar-refractivity contribution in [3.05, 3.63) is 94.6 Å². The van der Waals surface area contributed by atoms with Gasteiger partial charge in [0.05, 0.1) is 11.0 Å². The Hall–Kier alpha value is -3.40. The summed E-state index contributed by atoms with van der Waals surface area (Å²) in [7, 11) is 0. The fourth-order valence-electron chi connectivity index (χ4n) is 3.24. The molecule has 0 radical (unpaired) electrons. The van der Waals surface area contributed by atoms with Crippen LogP contribution in [0.1, 0.15) is 5.56 Å². The van der Waals surface area contributed by atoms with E-state index >= 15 is 0 Å². The van der Waals surface area contributed by atoms with Crippen molar-refractivity contribution in [3.8, 4) is 0 Å². The van der Waals surface area contributed by atoms with Gasteiger partial charge in [-0.15, -0.1) is 0 Å². The number of benzene rings is 3. The Labute approximate surface area is 150 Å². The fraction of sp³-hybridized carbons (Fsp3) is 0.0909. The lowest BCUT2D eigenvalue weighted by Crippen LogP contribution is -2.28. The zero-order chi connectivity index (χ0) is 17.9. The van der Waals surface area contributed by atoms with Crippen LogP contribution in [0.4, 0.5) is 0 Å². The predicted octanol–water partition coefficient (Wildman–Crippen LogP) is 3.47. The molecule has 4 aromatic rings. The maximum Gasteiger partial charge on any atom is 0.240 e. The first kappa shape index (κ1) is 16.1. The molecule has 0 aliphatic rings. The molecule has 0 spiro atoms. The van der Waals surface area contributed by atoms with E-state index in [1.54, 1.807) is 0 Å². The minimum absolute atomic E-state index is 0.00264. The van der Waals surface area contributed by atoms with Crippen molar-refractivity contribution in [2.75, 3.05) is 0 Å². The second kappa shape index (κ2) is 6.84. The van der Waals surface area contributed by atoms with Crippen molar-refractivity contribution in [1.82, 2.24) is 9.88 Å². The molecule has 4 heteroatoms. The second-order valence-electron chi connectivity index (χ2n) is 6.21. The largest absolute Gasteiger partial charge is 0.350 e. The van der Waals surface area contributed by atoms with Crippen LogP contribution < -0.4 is 10.7 Å². The number of pyridine rings is 1. The van der Waals surface area contributed by atoms with E-state index < -0.39 is 0 Å². The van der Waals surface area contributed by atoms with Crippen molar-refractivity contribution in [2.45, 2.75) is 13.1 Å². The van der Waals surface area contributed by atoms with Gasteiger partial charge in [-0.25, -0.2) is 0 Å². The van der Waals surface area contributed by atoms with Crippen LogP contribution >= 0.6 is 0 Å². The highest BCUT2D eigenvalue weighted by Gasteiger charge is 2.12. The van der Waals surface area contributed by atoms with E-state index in [-0.39, 0.29) is 17.9 Å². The molecule has 4 nitrogen and oxygen atoms in total. The van der Waals surface area contributed by atoms with Gasteiger partial charge >= 0.3 is 0 Å². The van der Waals surface area contributed by atoms with Crippen LogP contribution in [0.2, 0.25) is 0 Å². The van der Waals surface area contributed by atoms with E-state index in [2.05, 4.69) is 5.32 Å². The van der Waals surface area contributed by atoms with Gasteiger partial charge < -0.3 is 9.88 Å². The molecule has 1 aromatic heterocycles. The number of hydrogen-bond acceptors (Lipinski definition) is 2. The maximum atomic E-state index is 12.7. The number of para-hydroxylation sites is 2. The summed E-state index contributed by atoms with van der Waals surface area (Å²) >= 11 is 0. The van der Waals surface area contributed by atoms with Crippen molar-refractivity contribution < 1.29 is 4.79 Å². The van der Waals surface area contributed by atoms with Crippen molar-refractivity contribution in [2.24, 2.45) is 0 Å². The van der Waals surface area contributed by atoms with Crippen LogP contribution in [0.15, 0.2) is 83.7 Å². The first-order chi connectivity index (χ1) is 12.7. The highest BCUT2D eigenvalue weighted by atomic mass is 16.2. The predicted molar refractivity (Wildman–Crippen MR) is 104 cm³/mol. The van der Waals surface area contributed by atoms with Gasteiger partial charge in [0.1, 0.15) is 6.54 Å². The lowest BCUT2D eigenvalue weighted by atomic mass is 10.1. The van der Waals surface area contributed by atoms with Crippen molar-refractivity contribution >= 4 is 27.7 Å². The SMILES string of the molecule is O=C(Cn1c2ccccc2c(=O)c2ccccc21)NCc1ccccc1. The molecule has 0 aliphatic carbocycles. The lowest BCUT2D eigenvalue weighted by molar-refractivity contribution is -0.121. The normalized spacial score (nSPS) is 10.9. The van der Waals surface area contributed by atoms with Gasteiger partial charge in [-0.1, -0.05) is 54.6 Å². The van der Waals surface area contributed by atoms with Crippen LogP contribution in [0, 0.1) is 0 Å². The Kier molecular flexibility index (Phi) is 4.23. The molecule has 26 heavy (non-hydrogen) atoms. The summed E-state index contributed by atoms with van der Waals surface area (Å²) in [5.41, 5.74) is 2.59. The molecule has 0 saturated carbocycles. The summed E-state index contributed by atoms with van der Waals surface area (Å²) in [4.78, 5) is 25.3. The molecular formula is C22H18N2O2. The molecule has 3 aromatic carbocycles. The quantitative estimate of drug-likeness (QED) is 0.577. The summed E-state index contributed by atoms with van der Waals surface area (Å²) in [5, 5.41) is 4.21. The van der Waals surface area contributed by atoms with Crippen LogP contribution in [-0.4, -0.2) is 10.5 Å². The van der Waals surface area contributed by atoms with E-state index in [1.165, 1.54) is 0 Å². The molecule has 0 aliphatic heterocycles. The molecule has 0 bridgehead atoms. The second-order valence-corrected chi connectivity index (χ2v) is 6.21. The van der Waals surface area contributed by atoms with Gasteiger partial charge in [-0.05, 0) is 29.8 Å². The zero-order valence-corrected chi connectivity index (χ0v) is 14.2. The summed E-state index contributed by atoms with van der Waals surface area (Å²) < 4.78 is 1.91. The van der Waals surface area contributed by atoms with Crippen LogP contribution in [0.5, 0.6) is 0 Å². The zero-order valence-electron chi connectivity index (χ0n) is 14.2. The Morgan fingerprint density at radius 2 is 1.31 bits per heavy atom. The first-order valence-electron chi connectivity index (χ1n) is 8.55. The lowest BCUT2D eigenvalue weighted by Gasteiger charge is -2.15. The summed E-state index contributed by atoms with van der Waals surface area (Å²) in [5.74, 6) is -0.0900. The molecule has 0 atom stereocenters. The van der Waals surface area contributed by atoms with Gasteiger partial charge in [0.25, 0.3) is 0 Å². The van der Waals surface area contributed by atoms with Gasteiger partial charge in [-0.2, -0.15) is 0 Å². The number of rotatable bonds is 4. The van der Waals surface area contributed by atoms with Gasteiger partial charge in [-0.3, -0.25) is 9.59 Å². The molecule has 4 rings (SSSR count). The molecule has 1 heterocycles. The minimum atomic E-state index is -0.0900. The molecule has 0 unspecified atom stereocenters. The minimum Gasteiger partial charge on any atom is -0.350 e. The van der Waals surface area contributed by atoms with E-state index in [4.69, 9.17) is 0 Å². The summed E-state index contributed by atoms with van der Waals surface area (Å²) in [6.45, 7) is 0.643. The average Bonchev–Trinajstić information content (AvgIpc) is 2.70. The molecule has 1 N–H and O–H groups in total. The van der Waals surface area contributed by atoms with E-state index in [1.807, 2.05) is 83.4 Å². The third-order valence-electron chi connectivity index (χ3n) is 4.51. The first-order valence-corrected chi connectivity index (χ1v) is 8.55. The van der Waals surface area contributed by atoms with E-state index in [0.29, 0.717) is 17.3 Å². The Balaban J connectivity index is 1.72. The fourth-order valence-corrected chi connectivity index (χ4v) is 3.24. The number of aromatic nitrogens is 1. The van der Waals surface area contributed by atoms with Crippen LogP contribution in [0.3, 0.4) is 0 Å². The third-order valence-corrected chi connectivity index (χ3v) is 4.51. The molecular weight excluding hydrogens is 324 g/mol. The highest BCUT2D eigenvalue weighted by Crippen LogP contribution is 2.18. The van der Waals surface area contributed by atoms with Gasteiger partial charge in [0.2, 0.25) is 5.91 Å². The average molecular weight is 342 g/mol. The monoisotopic (exact) mass is 342 g/mol. The number of nitrogens with one attached hydrogen (secondary N) is 1. The van der Waals surface area contributed by atoms with Crippen LogP contribution in [-0.2, 0) is 17.9 Å². The topological polar surface area (TPSA) is 51.1 Å². The number of carbonyl (C=O) groups excluding carboxylic acids is 1. The Morgan fingerprint density at radius 3 is 1.92 bits per heavy atom. The molecule has 0 fully saturated rings. The Morgan fingerprint density at radius 1 is 0.769 bits per heavy atom. The summed E-state index contributed by atoms with van der Waals surface area (Å²) in [6.07, 6.45) is 0. The van der Waals surface area contributed by atoms with E-state index in [0.717, 1.165) is 16.6 Å². The van der Waals surface area contributed by atoms with Crippen molar-refractivity contribution in [3.63, 3.8) is 0 Å². The number of amides is 1. The summed E-state index contributed by atoms with van der Waals surface area (Å²) in [6, 6.07) is 24.6. The van der Waals surface area contributed by atoms with Gasteiger partial charge in [0, 0.05) is 17.3 Å². The van der Waals surface area contributed by atoms with Crippen LogP contribution in [0.25, 0.3) is 21.8 Å². The molecule has 1 amide bonds. The number of carbonyl (C=O) groups is 1. The van der Waals surface area contributed by atoms with Crippen molar-refractivity contribution in [1.29, 1.82) is 0 Å². The molecule has 128 valence electrons. The third kappa shape index (κ3) is 2.97. The standard InChI is InChI=1S/C22H18N2O2/c25-21(23-14-16-8-2-1-3-9-16)15-24-19-12-6-4-10-17(19)22(26)18-11-5-7-13-20(18)24/h1-13H,14-15H2,(H,23,25). The van der Waals surface area contributed by atoms with Gasteiger partial charge in [0.15, 0.2) is 5.43 Å². The van der Waals surface area contributed by atoms with E-state index in [9.17, 15) is 9.59 Å². The Bertz CT molecular complexity index is 1090. The number of hydrogen-bond donors (Lipinski definition) is 1. The number of nitrogens with zero attached hydrogens (tertiary/aromatic N) is 1. The molecule has 0 saturated heterocycles.